The van der Waals surface area contributed by atoms with E-state index in [4.69, 9.17) is 8.83 Å². The Kier molecular flexibility index (Phi) is 2.75. The van der Waals surface area contributed by atoms with Crippen molar-refractivity contribution in [2.24, 2.45) is 0 Å². The first-order valence-corrected chi connectivity index (χ1v) is 8.85. The van der Waals surface area contributed by atoms with E-state index in [2.05, 4.69) is 6.07 Å². The largest absolute Gasteiger partial charge is 0.507 e. The summed E-state index contributed by atoms with van der Waals surface area (Å²) >= 11 is 0. The van der Waals surface area contributed by atoms with Crippen LogP contribution in [-0.2, 0) is 0 Å². The molecule has 6 rings (SSSR count). The molecule has 0 radical (unpaired) electrons. The van der Waals surface area contributed by atoms with Gasteiger partial charge in [-0.25, -0.2) is 0 Å². The first-order chi connectivity index (χ1) is 13.3. The van der Waals surface area contributed by atoms with Crippen molar-refractivity contribution in [2.75, 3.05) is 0 Å². The molecule has 0 fully saturated rings. The SMILES string of the molecule is Oc1ccc2oc3ccccc3c2c1-c1cccc2oc3ccccc3c12. The average molecular weight is 350 g/mol. The molecule has 27 heavy (non-hydrogen) atoms. The number of aromatic hydroxyl groups is 1. The highest BCUT2D eigenvalue weighted by Crippen LogP contribution is 2.45. The van der Waals surface area contributed by atoms with Crippen LogP contribution in [0.3, 0.4) is 0 Å². The highest BCUT2D eigenvalue weighted by molar-refractivity contribution is 6.20. The lowest BCUT2D eigenvalue weighted by Crippen LogP contribution is -1.83. The number of phenolic OH excluding ortho intramolecular Hbond substituents is 1. The molecule has 3 nitrogen and oxygen atoms in total. The Labute approximate surface area is 154 Å². The monoisotopic (exact) mass is 350 g/mol. The Bertz CT molecular complexity index is 1480. The molecule has 4 aromatic carbocycles. The van der Waals surface area contributed by atoms with Gasteiger partial charge < -0.3 is 13.9 Å². The van der Waals surface area contributed by atoms with Gasteiger partial charge in [-0.1, -0.05) is 48.5 Å². The van der Waals surface area contributed by atoms with Gasteiger partial charge in [0.15, 0.2) is 0 Å². The van der Waals surface area contributed by atoms with E-state index in [0.717, 1.165) is 55.0 Å². The van der Waals surface area contributed by atoms with Gasteiger partial charge in [0, 0.05) is 27.1 Å². The van der Waals surface area contributed by atoms with Gasteiger partial charge in [-0.15, -0.1) is 0 Å². The first-order valence-electron chi connectivity index (χ1n) is 8.85. The van der Waals surface area contributed by atoms with Crippen LogP contribution in [0.15, 0.2) is 87.7 Å². The molecule has 0 aliphatic heterocycles. The van der Waals surface area contributed by atoms with Crippen LogP contribution in [0.2, 0.25) is 0 Å². The Hall–Kier alpha value is -3.72. The molecule has 0 aliphatic rings. The quantitative estimate of drug-likeness (QED) is 0.352. The Balaban J connectivity index is 1.85. The Morgan fingerprint density at radius 3 is 1.85 bits per heavy atom. The number of benzene rings is 4. The predicted molar refractivity (Wildman–Crippen MR) is 108 cm³/mol. The smallest absolute Gasteiger partial charge is 0.136 e. The maximum atomic E-state index is 10.8. The summed E-state index contributed by atoms with van der Waals surface area (Å²) < 4.78 is 12.0. The zero-order valence-electron chi connectivity index (χ0n) is 14.3. The van der Waals surface area contributed by atoms with Crippen LogP contribution >= 0.6 is 0 Å². The van der Waals surface area contributed by atoms with Gasteiger partial charge in [-0.05, 0) is 35.9 Å². The van der Waals surface area contributed by atoms with Crippen molar-refractivity contribution in [1.29, 1.82) is 0 Å². The summed E-state index contributed by atoms with van der Waals surface area (Å²) in [4.78, 5) is 0. The van der Waals surface area contributed by atoms with Gasteiger partial charge in [-0.3, -0.25) is 0 Å². The van der Waals surface area contributed by atoms with Crippen molar-refractivity contribution in [2.45, 2.75) is 0 Å². The molecule has 3 heteroatoms. The molecule has 0 saturated heterocycles. The molecular weight excluding hydrogens is 336 g/mol. The van der Waals surface area contributed by atoms with Crippen molar-refractivity contribution >= 4 is 43.9 Å². The van der Waals surface area contributed by atoms with Gasteiger partial charge in [-0.2, -0.15) is 0 Å². The maximum absolute atomic E-state index is 10.8. The summed E-state index contributed by atoms with van der Waals surface area (Å²) in [6.07, 6.45) is 0. The average Bonchev–Trinajstić information content (AvgIpc) is 3.26. The molecular formula is C24H14O3. The lowest BCUT2D eigenvalue weighted by atomic mass is 9.94. The third-order valence-corrected chi connectivity index (χ3v) is 5.19. The number of furan rings is 2. The predicted octanol–water partition coefficient (Wildman–Crippen LogP) is 6.86. The molecule has 6 aromatic rings. The fraction of sp³-hybridized carbons (Fsp3) is 0. The molecule has 0 spiro atoms. The Morgan fingerprint density at radius 2 is 1.11 bits per heavy atom. The molecule has 2 heterocycles. The molecule has 1 N–H and O–H groups in total. The number of para-hydroxylation sites is 2. The minimum absolute atomic E-state index is 0.229. The number of rotatable bonds is 1. The first kappa shape index (κ1) is 14.4. The molecule has 0 amide bonds. The van der Waals surface area contributed by atoms with Gasteiger partial charge in [0.2, 0.25) is 0 Å². The lowest BCUT2D eigenvalue weighted by Gasteiger charge is -2.08. The second kappa shape index (κ2) is 5.15. The molecule has 128 valence electrons. The van der Waals surface area contributed by atoms with Crippen LogP contribution in [0.1, 0.15) is 0 Å². The highest BCUT2D eigenvalue weighted by atomic mass is 16.3. The van der Waals surface area contributed by atoms with Gasteiger partial charge in [0.05, 0.1) is 0 Å². The minimum atomic E-state index is 0.229. The second-order valence-corrected chi connectivity index (χ2v) is 6.71. The number of hydrogen-bond donors (Lipinski definition) is 1. The summed E-state index contributed by atoms with van der Waals surface area (Å²) in [5.74, 6) is 0.229. The van der Waals surface area contributed by atoms with Crippen molar-refractivity contribution in [3.8, 4) is 16.9 Å². The van der Waals surface area contributed by atoms with E-state index >= 15 is 0 Å². The van der Waals surface area contributed by atoms with Crippen molar-refractivity contribution in [3.63, 3.8) is 0 Å². The van der Waals surface area contributed by atoms with Gasteiger partial charge >= 0.3 is 0 Å². The molecule has 2 aromatic heterocycles. The summed E-state index contributed by atoms with van der Waals surface area (Å²) in [6.45, 7) is 0. The van der Waals surface area contributed by atoms with Crippen LogP contribution in [0.25, 0.3) is 55.0 Å². The normalized spacial score (nSPS) is 11.9. The van der Waals surface area contributed by atoms with E-state index in [9.17, 15) is 5.11 Å². The molecule has 0 atom stereocenters. The van der Waals surface area contributed by atoms with E-state index in [1.165, 1.54) is 0 Å². The third-order valence-electron chi connectivity index (χ3n) is 5.19. The zero-order valence-corrected chi connectivity index (χ0v) is 14.3. The molecule has 0 saturated carbocycles. The van der Waals surface area contributed by atoms with Crippen LogP contribution in [-0.4, -0.2) is 5.11 Å². The van der Waals surface area contributed by atoms with Crippen LogP contribution in [0, 0.1) is 0 Å². The Morgan fingerprint density at radius 1 is 0.519 bits per heavy atom. The van der Waals surface area contributed by atoms with Crippen LogP contribution in [0.5, 0.6) is 5.75 Å². The summed E-state index contributed by atoms with van der Waals surface area (Å²) in [7, 11) is 0. The number of phenols is 1. The van der Waals surface area contributed by atoms with Gasteiger partial charge in [0.1, 0.15) is 28.1 Å². The third kappa shape index (κ3) is 1.91. The van der Waals surface area contributed by atoms with E-state index in [-0.39, 0.29) is 5.75 Å². The summed E-state index contributed by atoms with van der Waals surface area (Å²) in [6, 6.07) is 25.4. The minimum Gasteiger partial charge on any atom is -0.507 e. The topological polar surface area (TPSA) is 46.5 Å². The van der Waals surface area contributed by atoms with Gasteiger partial charge in [0.25, 0.3) is 0 Å². The fourth-order valence-electron chi connectivity index (χ4n) is 4.06. The van der Waals surface area contributed by atoms with Crippen molar-refractivity contribution in [3.05, 3.63) is 78.9 Å². The second-order valence-electron chi connectivity index (χ2n) is 6.71. The zero-order chi connectivity index (χ0) is 18.0. The van der Waals surface area contributed by atoms with E-state index < -0.39 is 0 Å². The number of fused-ring (bicyclic) bond motifs is 6. The van der Waals surface area contributed by atoms with E-state index in [1.807, 2.05) is 66.7 Å². The fourth-order valence-corrected chi connectivity index (χ4v) is 4.06. The van der Waals surface area contributed by atoms with E-state index in [0.29, 0.717) is 0 Å². The van der Waals surface area contributed by atoms with E-state index in [1.54, 1.807) is 6.07 Å². The lowest BCUT2D eigenvalue weighted by molar-refractivity contribution is 0.478. The highest BCUT2D eigenvalue weighted by Gasteiger charge is 2.20. The summed E-state index contributed by atoms with van der Waals surface area (Å²) in [5, 5.41) is 14.8. The number of hydrogen-bond acceptors (Lipinski definition) is 3. The standard InChI is InChI=1S/C24H14O3/c25-17-12-13-21-24(15-7-2-4-10-19(15)27-21)23(17)16-8-5-11-20-22(16)14-6-1-3-9-18(14)26-20/h1-13,25H. The molecule has 0 unspecified atom stereocenters. The summed E-state index contributed by atoms with van der Waals surface area (Å²) in [5.41, 5.74) is 4.92. The van der Waals surface area contributed by atoms with Crippen molar-refractivity contribution in [1.82, 2.24) is 0 Å². The molecule has 0 aliphatic carbocycles. The maximum Gasteiger partial charge on any atom is 0.136 e. The molecule has 0 bridgehead atoms. The van der Waals surface area contributed by atoms with Crippen LogP contribution in [0.4, 0.5) is 0 Å². The van der Waals surface area contributed by atoms with Crippen molar-refractivity contribution < 1.29 is 13.9 Å². The van der Waals surface area contributed by atoms with Crippen LogP contribution < -0.4 is 0 Å².